The van der Waals surface area contributed by atoms with E-state index in [0.29, 0.717) is 12.6 Å². The molecule has 0 saturated carbocycles. The van der Waals surface area contributed by atoms with E-state index >= 15 is 0 Å². The number of anilines is 1. The Labute approximate surface area is 178 Å². The van der Waals surface area contributed by atoms with E-state index in [-0.39, 0.29) is 0 Å². The van der Waals surface area contributed by atoms with Gasteiger partial charge in [0.2, 0.25) is 5.95 Å². The van der Waals surface area contributed by atoms with Crippen LogP contribution in [0.1, 0.15) is 44.4 Å². The van der Waals surface area contributed by atoms with E-state index in [0.717, 1.165) is 67.3 Å². The Bertz CT molecular complexity index is 985. The lowest BCUT2D eigenvalue weighted by atomic mass is 10.1. The van der Waals surface area contributed by atoms with Gasteiger partial charge in [-0.3, -0.25) is 4.68 Å². The Balaban J connectivity index is 1.41. The molecule has 0 radical (unpaired) electrons. The van der Waals surface area contributed by atoms with Crippen LogP contribution in [0.5, 0.6) is 5.75 Å². The number of nitrogens with zero attached hydrogens (tertiary/aromatic N) is 5. The van der Waals surface area contributed by atoms with Crippen LogP contribution in [-0.2, 0) is 13.1 Å². The third-order valence-corrected chi connectivity index (χ3v) is 5.77. The molecule has 1 fully saturated rings. The smallest absolute Gasteiger partial charge is 0.226 e. The molecule has 7 heteroatoms. The summed E-state index contributed by atoms with van der Waals surface area (Å²) in [5, 5.41) is 9.14. The molecular formula is C23H32N6O. The molecule has 2 aromatic heterocycles. The van der Waals surface area contributed by atoms with Crippen LogP contribution >= 0.6 is 0 Å². The monoisotopic (exact) mass is 408 g/mol. The van der Waals surface area contributed by atoms with Crippen LogP contribution in [-0.4, -0.2) is 45.5 Å². The number of nitrogens with one attached hydrogen (secondary N) is 1. The topological polar surface area (TPSA) is 68.1 Å². The molecule has 30 heavy (non-hydrogen) atoms. The molecule has 1 N–H and O–H groups in total. The lowest BCUT2D eigenvalue weighted by Gasteiger charge is -2.21. The number of ether oxygens (including phenoxy) is 1. The second-order valence-electron chi connectivity index (χ2n) is 7.92. The summed E-state index contributed by atoms with van der Waals surface area (Å²) < 4.78 is 7.60. The number of rotatable bonds is 7. The fourth-order valence-corrected chi connectivity index (χ4v) is 4.08. The highest BCUT2D eigenvalue weighted by molar-refractivity contribution is 5.83. The Morgan fingerprint density at radius 3 is 2.87 bits per heavy atom. The summed E-state index contributed by atoms with van der Waals surface area (Å²) in [5.74, 6) is 1.71. The Morgan fingerprint density at radius 2 is 2.07 bits per heavy atom. The van der Waals surface area contributed by atoms with Crippen molar-refractivity contribution >= 4 is 16.9 Å². The van der Waals surface area contributed by atoms with Crippen molar-refractivity contribution in [1.29, 1.82) is 0 Å². The molecule has 1 aliphatic heterocycles. The van der Waals surface area contributed by atoms with Gasteiger partial charge in [-0.2, -0.15) is 5.10 Å². The maximum Gasteiger partial charge on any atom is 0.226 e. The van der Waals surface area contributed by atoms with Gasteiger partial charge in [-0.25, -0.2) is 9.97 Å². The predicted molar refractivity (Wildman–Crippen MR) is 120 cm³/mol. The van der Waals surface area contributed by atoms with Gasteiger partial charge in [0, 0.05) is 49.4 Å². The standard InChI is InChI=1S/C23H32N6O/c1-4-29-16-18(15-25-29)14-24-19-7-6-11-28(12-10-19)23-26-17(3)21-13-20(30-5-2)8-9-22(21)27-23/h8-9,13,15-16,19,24H,4-7,10-12,14H2,1-3H3/t19-/m0/s1. The highest BCUT2D eigenvalue weighted by Crippen LogP contribution is 2.25. The zero-order valence-corrected chi connectivity index (χ0v) is 18.3. The Hall–Kier alpha value is -2.67. The van der Waals surface area contributed by atoms with Crippen molar-refractivity contribution in [3.8, 4) is 5.75 Å². The number of aryl methyl sites for hydroxylation is 2. The normalized spacial score (nSPS) is 17.3. The molecule has 160 valence electrons. The lowest BCUT2D eigenvalue weighted by Crippen LogP contribution is -2.31. The first kappa shape index (κ1) is 20.6. The van der Waals surface area contributed by atoms with Crippen LogP contribution in [0.3, 0.4) is 0 Å². The van der Waals surface area contributed by atoms with Gasteiger partial charge in [0.15, 0.2) is 0 Å². The molecule has 4 rings (SSSR count). The fourth-order valence-electron chi connectivity index (χ4n) is 4.08. The van der Waals surface area contributed by atoms with E-state index in [4.69, 9.17) is 14.7 Å². The first-order chi connectivity index (χ1) is 14.7. The highest BCUT2D eigenvalue weighted by atomic mass is 16.5. The van der Waals surface area contributed by atoms with E-state index in [2.05, 4.69) is 35.4 Å². The molecule has 0 aliphatic carbocycles. The molecule has 0 unspecified atom stereocenters. The first-order valence-electron chi connectivity index (χ1n) is 11.1. The number of fused-ring (bicyclic) bond motifs is 1. The molecule has 7 nitrogen and oxygen atoms in total. The molecule has 1 atom stereocenters. The summed E-state index contributed by atoms with van der Waals surface area (Å²) in [6.07, 6.45) is 7.48. The zero-order valence-electron chi connectivity index (χ0n) is 18.3. The third kappa shape index (κ3) is 4.73. The number of aromatic nitrogens is 4. The minimum atomic E-state index is 0.510. The average Bonchev–Trinajstić information content (AvgIpc) is 3.09. The van der Waals surface area contributed by atoms with Crippen LogP contribution in [0.4, 0.5) is 5.95 Å². The number of hydrogen-bond donors (Lipinski definition) is 1. The average molecular weight is 409 g/mol. The molecule has 3 aromatic rings. The molecular weight excluding hydrogens is 376 g/mol. The SMILES string of the molecule is CCOc1ccc2nc(N3CCC[C@H](NCc4cnn(CC)c4)CC3)nc(C)c2c1. The summed E-state index contributed by atoms with van der Waals surface area (Å²) in [6, 6.07) is 6.58. The van der Waals surface area contributed by atoms with Crippen molar-refractivity contribution in [2.24, 2.45) is 0 Å². The maximum absolute atomic E-state index is 5.63. The van der Waals surface area contributed by atoms with Crippen molar-refractivity contribution in [2.45, 2.75) is 59.2 Å². The Kier molecular flexibility index (Phi) is 6.47. The molecule has 3 heterocycles. The number of hydrogen-bond acceptors (Lipinski definition) is 6. The molecule has 1 saturated heterocycles. The predicted octanol–water partition coefficient (Wildman–Crippen LogP) is 3.70. The van der Waals surface area contributed by atoms with Crippen molar-refractivity contribution in [2.75, 3.05) is 24.6 Å². The van der Waals surface area contributed by atoms with Gasteiger partial charge in [0.25, 0.3) is 0 Å². The lowest BCUT2D eigenvalue weighted by molar-refractivity contribution is 0.340. The second kappa shape index (κ2) is 9.43. The summed E-state index contributed by atoms with van der Waals surface area (Å²) >= 11 is 0. The van der Waals surface area contributed by atoms with Gasteiger partial charge in [-0.15, -0.1) is 0 Å². The van der Waals surface area contributed by atoms with Gasteiger partial charge in [-0.1, -0.05) is 0 Å². The van der Waals surface area contributed by atoms with Crippen LogP contribution in [0.2, 0.25) is 0 Å². The fraction of sp³-hybridized carbons (Fsp3) is 0.522. The molecule has 0 amide bonds. The minimum absolute atomic E-state index is 0.510. The van der Waals surface area contributed by atoms with Gasteiger partial charge in [0.05, 0.1) is 24.0 Å². The van der Waals surface area contributed by atoms with Crippen LogP contribution < -0.4 is 15.0 Å². The van der Waals surface area contributed by atoms with Crippen LogP contribution in [0.15, 0.2) is 30.6 Å². The van der Waals surface area contributed by atoms with Crippen LogP contribution in [0, 0.1) is 6.92 Å². The minimum Gasteiger partial charge on any atom is -0.494 e. The summed E-state index contributed by atoms with van der Waals surface area (Å²) in [4.78, 5) is 12.0. The molecule has 0 bridgehead atoms. The van der Waals surface area contributed by atoms with E-state index in [1.807, 2.05) is 36.0 Å². The third-order valence-electron chi connectivity index (χ3n) is 5.77. The highest BCUT2D eigenvalue weighted by Gasteiger charge is 2.19. The van der Waals surface area contributed by atoms with Gasteiger partial charge >= 0.3 is 0 Å². The largest absolute Gasteiger partial charge is 0.494 e. The number of benzene rings is 1. The van der Waals surface area contributed by atoms with Crippen LogP contribution in [0.25, 0.3) is 10.9 Å². The Morgan fingerprint density at radius 1 is 1.17 bits per heavy atom. The molecule has 0 spiro atoms. The summed E-state index contributed by atoms with van der Waals surface area (Å²) in [7, 11) is 0. The van der Waals surface area contributed by atoms with Crippen molar-refractivity contribution in [1.82, 2.24) is 25.1 Å². The second-order valence-corrected chi connectivity index (χ2v) is 7.92. The summed E-state index contributed by atoms with van der Waals surface area (Å²) in [5.41, 5.74) is 3.23. The van der Waals surface area contributed by atoms with E-state index in [9.17, 15) is 0 Å². The first-order valence-corrected chi connectivity index (χ1v) is 11.1. The van der Waals surface area contributed by atoms with Gasteiger partial charge in [-0.05, 0) is 58.2 Å². The molecule has 1 aliphatic rings. The summed E-state index contributed by atoms with van der Waals surface area (Å²) in [6.45, 7) is 10.6. The van der Waals surface area contributed by atoms with Crippen molar-refractivity contribution < 1.29 is 4.74 Å². The van der Waals surface area contributed by atoms with Crippen molar-refractivity contribution in [3.05, 3.63) is 41.9 Å². The van der Waals surface area contributed by atoms with E-state index in [1.54, 1.807) is 0 Å². The zero-order chi connectivity index (χ0) is 20.9. The van der Waals surface area contributed by atoms with E-state index in [1.165, 1.54) is 12.0 Å². The molecule has 1 aromatic carbocycles. The quantitative estimate of drug-likeness (QED) is 0.643. The maximum atomic E-state index is 5.63. The van der Waals surface area contributed by atoms with Gasteiger partial charge in [0.1, 0.15) is 5.75 Å². The van der Waals surface area contributed by atoms with E-state index < -0.39 is 0 Å². The van der Waals surface area contributed by atoms with Crippen molar-refractivity contribution in [3.63, 3.8) is 0 Å². The van der Waals surface area contributed by atoms with Gasteiger partial charge < -0.3 is 15.0 Å².